The summed E-state index contributed by atoms with van der Waals surface area (Å²) < 4.78 is 2.33. The Balaban J connectivity index is 1.40. The summed E-state index contributed by atoms with van der Waals surface area (Å²) in [5, 5.41) is 0.197. The minimum Gasteiger partial charge on any atom is -0.281 e. The number of rotatable bonds is 46. The second kappa shape index (κ2) is 39.3. The van der Waals surface area contributed by atoms with Gasteiger partial charge in [-0.15, -0.1) is 22.7 Å². The van der Waals surface area contributed by atoms with Crippen molar-refractivity contribution in [2.45, 2.75) is 297 Å². The third-order valence-corrected chi connectivity index (χ3v) is 21.4. The molecule has 2 aromatic heterocycles. The van der Waals surface area contributed by atoms with Crippen LogP contribution in [0.3, 0.4) is 0 Å². The Morgan fingerprint density at radius 3 is 0.829 bits per heavy atom. The molecule has 0 spiro atoms. The fraction of sp³-hybridized carbons (Fsp3) is 0.774. The zero-order valence-electron chi connectivity index (χ0n) is 45.2. The van der Waals surface area contributed by atoms with Crippen LogP contribution in [0.4, 0.5) is 0 Å². The molecule has 4 rings (SSSR count). The Hall–Kier alpha value is -0.120. The van der Waals surface area contributed by atoms with Crippen molar-refractivity contribution in [1.29, 1.82) is 0 Å². The van der Waals surface area contributed by atoms with Crippen molar-refractivity contribution in [3.05, 3.63) is 50.4 Å². The smallest absolute Gasteiger partial charge is 0.226 e. The van der Waals surface area contributed by atoms with Gasteiger partial charge in [-0.25, -0.2) is 0 Å². The van der Waals surface area contributed by atoms with Gasteiger partial charge in [-0.3, -0.25) is 9.59 Å². The van der Waals surface area contributed by atoms with Crippen LogP contribution in [0.5, 0.6) is 0 Å². The van der Waals surface area contributed by atoms with Crippen LogP contribution in [0.15, 0.2) is 29.5 Å². The molecule has 2 unspecified atom stereocenters. The van der Waals surface area contributed by atoms with Gasteiger partial charge in [0.1, 0.15) is 0 Å². The maximum absolute atomic E-state index is 14.0. The predicted molar refractivity (Wildman–Crippen MR) is 325 cm³/mol. The van der Waals surface area contributed by atoms with E-state index in [0.29, 0.717) is 11.8 Å². The molecule has 2 aliphatic heterocycles. The molecule has 0 aliphatic carbocycles. The summed E-state index contributed by atoms with van der Waals surface area (Å²) in [6.07, 6.45) is 56.7. The van der Waals surface area contributed by atoms with Gasteiger partial charge in [0.15, 0.2) is 0 Å². The average Bonchev–Trinajstić information content (AvgIpc) is 4.08. The third kappa shape index (κ3) is 24.3. The van der Waals surface area contributed by atoms with E-state index in [1.807, 2.05) is 0 Å². The van der Waals surface area contributed by atoms with Crippen LogP contribution in [0.1, 0.15) is 305 Å². The summed E-state index contributed by atoms with van der Waals surface area (Å²) >= 11 is 14.0. The van der Waals surface area contributed by atoms with Crippen LogP contribution in [0.2, 0.25) is 0 Å². The van der Waals surface area contributed by atoms with E-state index >= 15 is 0 Å². The molecule has 2 atom stereocenters. The monoisotopic (exact) mass is 1160 g/mol. The molecule has 0 fully saturated rings. The summed E-state index contributed by atoms with van der Waals surface area (Å²) in [5.74, 6) is 1.34. The van der Waals surface area contributed by atoms with Crippen LogP contribution < -0.4 is 0 Å². The van der Waals surface area contributed by atoms with Crippen LogP contribution >= 0.6 is 78.1 Å². The second-order valence-electron chi connectivity index (χ2n) is 21.6. The molecule has 2 aliphatic rings. The molecule has 398 valence electrons. The van der Waals surface area contributed by atoms with Crippen LogP contribution in [0.25, 0.3) is 11.1 Å². The second-order valence-corrected chi connectivity index (χ2v) is 28.3. The molecule has 0 amide bonds. The summed E-state index contributed by atoms with van der Waals surface area (Å²) in [6, 6.07) is 4.61. The van der Waals surface area contributed by atoms with E-state index in [0.717, 1.165) is 51.1 Å². The molecule has 0 N–H and O–H groups in total. The van der Waals surface area contributed by atoms with Gasteiger partial charge < -0.3 is 0 Å². The lowest BCUT2D eigenvalue weighted by Gasteiger charge is -2.17. The van der Waals surface area contributed by atoms with Gasteiger partial charge in [0.05, 0.1) is 18.7 Å². The van der Waals surface area contributed by atoms with E-state index in [-0.39, 0.29) is 10.2 Å². The van der Waals surface area contributed by atoms with Crippen LogP contribution in [-0.2, 0) is 22.4 Å². The number of unbranched alkanes of at least 4 members (excludes halogenated alkanes) is 32. The maximum atomic E-state index is 14.0. The Kier molecular flexibility index (Phi) is 35.0. The van der Waals surface area contributed by atoms with E-state index < -0.39 is 0 Å². The highest BCUT2D eigenvalue weighted by molar-refractivity contribution is 9.11. The first-order valence-electron chi connectivity index (χ1n) is 29.8. The first-order valence-corrected chi connectivity index (χ1v) is 34.7. The number of thiophene rings is 2. The molecule has 2 nitrogen and oxygen atoms in total. The molecule has 0 saturated heterocycles. The Morgan fingerprint density at radius 2 is 0.586 bits per heavy atom. The summed E-state index contributed by atoms with van der Waals surface area (Å²) in [4.78, 5) is 31.9. The van der Waals surface area contributed by atoms with E-state index in [9.17, 15) is 9.59 Å². The lowest BCUT2D eigenvalue weighted by molar-refractivity contribution is -0.106. The number of fused-ring (bicyclic) bond motifs is 1. The van der Waals surface area contributed by atoms with Crippen molar-refractivity contribution in [1.82, 2.24) is 0 Å². The molecule has 70 heavy (non-hydrogen) atoms. The van der Waals surface area contributed by atoms with Crippen molar-refractivity contribution in [3.8, 4) is 0 Å². The first-order chi connectivity index (χ1) is 34.3. The highest BCUT2D eigenvalue weighted by Crippen LogP contribution is 2.58. The third-order valence-electron chi connectivity index (χ3n) is 15.3. The highest BCUT2D eigenvalue weighted by atomic mass is 79.9. The maximum Gasteiger partial charge on any atom is 0.226 e. The Bertz CT molecular complexity index is 1660. The fourth-order valence-electron chi connectivity index (χ4n) is 11.0. The highest BCUT2D eigenvalue weighted by Gasteiger charge is 2.42. The molecule has 0 saturated carbocycles. The lowest BCUT2D eigenvalue weighted by Crippen LogP contribution is -2.05. The van der Waals surface area contributed by atoms with Gasteiger partial charge in [-0.05, 0) is 103 Å². The van der Waals surface area contributed by atoms with E-state index in [4.69, 9.17) is 0 Å². The Morgan fingerprint density at radius 1 is 0.357 bits per heavy atom. The Labute approximate surface area is 464 Å². The van der Waals surface area contributed by atoms with Gasteiger partial charge >= 0.3 is 0 Å². The van der Waals surface area contributed by atoms with E-state index in [1.165, 1.54) is 291 Å². The summed E-state index contributed by atoms with van der Waals surface area (Å²) in [5.41, 5.74) is 4.22. The SMILES string of the molecule is CCCCCCCCCCCCC(CCCCCCCCCC)Cc1cc(C2=C3SC(=O)C(c4cc(CC(CCCCCCCCCC)CCCCCCCCCCCC)c(Br)s4)=C3SC2=O)sc1Br. The van der Waals surface area contributed by atoms with Crippen molar-refractivity contribution < 1.29 is 9.59 Å². The topological polar surface area (TPSA) is 34.1 Å². The predicted octanol–water partition coefficient (Wildman–Crippen LogP) is 24.0. The quantitative estimate of drug-likeness (QED) is 0.0619. The zero-order valence-corrected chi connectivity index (χ0v) is 51.7. The van der Waals surface area contributed by atoms with Crippen molar-refractivity contribution in [2.75, 3.05) is 0 Å². The molecule has 2 aromatic rings. The molecule has 4 heterocycles. The van der Waals surface area contributed by atoms with Crippen LogP contribution in [0, 0.1) is 11.8 Å². The molecule has 0 bridgehead atoms. The molecule has 0 radical (unpaired) electrons. The molecular weight excluding hydrogens is 1060 g/mol. The van der Waals surface area contributed by atoms with E-state index in [2.05, 4.69) is 71.7 Å². The average molecular weight is 1170 g/mol. The fourth-order valence-corrected chi connectivity index (χ4v) is 17.1. The lowest BCUT2D eigenvalue weighted by atomic mass is 9.89. The number of hydrogen-bond donors (Lipinski definition) is 0. The van der Waals surface area contributed by atoms with Gasteiger partial charge in [0.2, 0.25) is 10.2 Å². The standard InChI is InChI=1S/C62H100Br2O2S4/c1-5-9-13-17-21-25-27-31-35-39-43-49(41-37-33-29-23-19-15-11-7-3)45-51-47-53(67-59(51)63)55-57-58(70-61(55)65)56(62(66)69-57)54-48-52(60(64)68-54)46-50(42-38-34-30-24-20-16-12-8-4)44-40-36-32-28-26-22-18-14-10-6-2/h47-50H,5-46H2,1-4H3. The summed E-state index contributed by atoms with van der Waals surface area (Å²) in [6.45, 7) is 9.21. The van der Waals surface area contributed by atoms with Gasteiger partial charge in [0, 0.05) is 19.6 Å². The molecule has 0 aromatic carbocycles. The molecule has 8 heteroatoms. The van der Waals surface area contributed by atoms with Crippen LogP contribution in [-0.4, -0.2) is 10.2 Å². The number of hydrogen-bond acceptors (Lipinski definition) is 6. The van der Waals surface area contributed by atoms with Crippen molar-refractivity contribution in [2.24, 2.45) is 11.8 Å². The van der Waals surface area contributed by atoms with E-state index in [1.54, 1.807) is 22.7 Å². The van der Waals surface area contributed by atoms with Crippen molar-refractivity contribution >= 4 is 99.4 Å². The van der Waals surface area contributed by atoms with Gasteiger partial charge in [0.25, 0.3) is 0 Å². The zero-order chi connectivity index (χ0) is 50.0. The number of thioether (sulfide) groups is 2. The van der Waals surface area contributed by atoms with Gasteiger partial charge in [-0.2, -0.15) is 0 Å². The van der Waals surface area contributed by atoms with Gasteiger partial charge in [-0.1, -0.05) is 285 Å². The number of halogens is 2. The minimum absolute atomic E-state index is 0.0985. The summed E-state index contributed by atoms with van der Waals surface area (Å²) in [7, 11) is 0. The number of carbonyl (C=O) groups excluding carboxylic acids is 2. The largest absolute Gasteiger partial charge is 0.281 e. The first kappa shape index (κ1) is 62.4. The normalized spacial score (nSPS) is 14.8. The van der Waals surface area contributed by atoms with Crippen molar-refractivity contribution in [3.63, 3.8) is 0 Å². The molecular formula is C62H100Br2O2S4. The minimum atomic E-state index is 0.0985. The number of carbonyl (C=O) groups is 2.